The number of nitrogens with zero attached hydrogens (tertiary/aromatic N) is 4. The van der Waals surface area contributed by atoms with E-state index in [4.69, 9.17) is 4.98 Å². The number of benzene rings is 2. The molecule has 1 atom stereocenters. The molecule has 1 aliphatic rings. The molecular weight excluding hydrogens is 356 g/mol. The molecule has 1 aliphatic heterocycles. The van der Waals surface area contributed by atoms with Crippen molar-refractivity contribution in [2.75, 3.05) is 20.1 Å². The molecule has 4 rings (SSSR count). The molecule has 0 radical (unpaired) electrons. The number of hydrogen-bond donors (Lipinski definition) is 0. The van der Waals surface area contributed by atoms with E-state index in [2.05, 4.69) is 18.1 Å². The lowest BCUT2D eigenvalue weighted by molar-refractivity contribution is -0.132. The van der Waals surface area contributed by atoms with Gasteiger partial charge in [-0.3, -0.25) is 9.69 Å². The first-order valence-electron chi connectivity index (χ1n) is 9.11. The molecule has 6 heteroatoms. The molecule has 0 spiro atoms. The van der Waals surface area contributed by atoms with E-state index in [0.29, 0.717) is 13.1 Å². The Balaban J connectivity index is 1.42. The molecule has 0 bridgehead atoms. The number of carbonyl (C=O) groups excluding carboxylic acids is 1. The minimum atomic E-state index is 0.0244. The number of carbonyl (C=O) groups is 1. The Morgan fingerprint density at radius 1 is 1.19 bits per heavy atom. The van der Waals surface area contributed by atoms with E-state index in [1.165, 1.54) is 4.70 Å². The largest absolute Gasteiger partial charge is 0.288 e. The van der Waals surface area contributed by atoms with Crippen molar-refractivity contribution in [2.24, 2.45) is 5.10 Å². The van der Waals surface area contributed by atoms with Gasteiger partial charge in [0.05, 0.1) is 35.1 Å². The van der Waals surface area contributed by atoms with Gasteiger partial charge in [0.2, 0.25) is 0 Å². The summed E-state index contributed by atoms with van der Waals surface area (Å²) < 4.78 is 1.18. The molecule has 0 unspecified atom stereocenters. The maximum atomic E-state index is 12.7. The number of hydrogen-bond acceptors (Lipinski definition) is 5. The predicted octanol–water partition coefficient (Wildman–Crippen LogP) is 3.93. The summed E-state index contributed by atoms with van der Waals surface area (Å²) in [6.07, 6.45) is 0.799. The number of para-hydroxylation sites is 1. The molecule has 138 valence electrons. The van der Waals surface area contributed by atoms with Crippen molar-refractivity contribution in [3.05, 3.63) is 65.2 Å². The number of likely N-dealkylation sites (N-methyl/N-ethyl adjacent to an activating group) is 1. The number of rotatable bonds is 5. The van der Waals surface area contributed by atoms with E-state index in [0.717, 1.165) is 28.2 Å². The molecule has 3 aromatic rings. The number of thiazole rings is 1. The third kappa shape index (κ3) is 3.77. The average Bonchev–Trinajstić information content (AvgIpc) is 3.35. The van der Waals surface area contributed by atoms with Crippen LogP contribution in [0.1, 0.15) is 30.0 Å². The summed E-state index contributed by atoms with van der Waals surface area (Å²) >= 11 is 1.69. The van der Waals surface area contributed by atoms with E-state index in [9.17, 15) is 4.79 Å². The topological polar surface area (TPSA) is 48.8 Å². The number of amides is 1. The van der Waals surface area contributed by atoms with Gasteiger partial charge in [-0.25, -0.2) is 9.99 Å². The van der Waals surface area contributed by atoms with Crippen molar-refractivity contribution >= 4 is 33.2 Å². The summed E-state index contributed by atoms with van der Waals surface area (Å²) in [5, 5.41) is 7.17. The van der Waals surface area contributed by atoms with E-state index in [-0.39, 0.29) is 11.9 Å². The van der Waals surface area contributed by atoms with Gasteiger partial charge in [-0.2, -0.15) is 5.10 Å². The first-order valence-corrected chi connectivity index (χ1v) is 9.92. The minimum absolute atomic E-state index is 0.0244. The van der Waals surface area contributed by atoms with Crippen LogP contribution >= 0.6 is 11.3 Å². The average molecular weight is 379 g/mol. The zero-order chi connectivity index (χ0) is 18.8. The Bertz CT molecular complexity index is 949. The van der Waals surface area contributed by atoms with Gasteiger partial charge in [-0.05, 0) is 31.7 Å². The van der Waals surface area contributed by atoms with E-state index in [1.807, 2.05) is 60.5 Å². The summed E-state index contributed by atoms with van der Waals surface area (Å²) in [5.74, 6) is 0.0244. The van der Waals surface area contributed by atoms with E-state index >= 15 is 0 Å². The van der Waals surface area contributed by atoms with Crippen LogP contribution in [0.5, 0.6) is 0 Å². The first kappa shape index (κ1) is 17.8. The summed E-state index contributed by atoms with van der Waals surface area (Å²) in [7, 11) is 1.96. The fraction of sp³-hybridized carbons (Fsp3) is 0.286. The highest BCUT2D eigenvalue weighted by molar-refractivity contribution is 7.18. The molecule has 1 amide bonds. The molecule has 2 aromatic carbocycles. The number of aromatic nitrogens is 1. The van der Waals surface area contributed by atoms with Crippen molar-refractivity contribution in [3.63, 3.8) is 0 Å². The standard InChI is InChI=1S/C21H22N4OS/c1-15(21-22-18-10-6-7-11-19(18)27-21)24(2)14-20(26)25-13-12-17(23-25)16-8-4-3-5-9-16/h3-11,15H,12-14H2,1-2H3/t15-/m1/s1. The van der Waals surface area contributed by atoms with Crippen LogP contribution in [0.2, 0.25) is 0 Å². The van der Waals surface area contributed by atoms with Gasteiger partial charge < -0.3 is 0 Å². The summed E-state index contributed by atoms with van der Waals surface area (Å²) in [5.41, 5.74) is 3.08. The van der Waals surface area contributed by atoms with Crippen molar-refractivity contribution < 1.29 is 4.79 Å². The van der Waals surface area contributed by atoms with Crippen molar-refractivity contribution in [3.8, 4) is 0 Å². The summed E-state index contributed by atoms with van der Waals surface area (Å²) in [6, 6.07) is 18.3. The fourth-order valence-electron chi connectivity index (χ4n) is 3.16. The predicted molar refractivity (Wildman–Crippen MR) is 110 cm³/mol. The van der Waals surface area contributed by atoms with Crippen molar-refractivity contribution in [1.82, 2.24) is 14.9 Å². The molecule has 27 heavy (non-hydrogen) atoms. The number of hydrazone groups is 1. The highest BCUT2D eigenvalue weighted by atomic mass is 32.1. The van der Waals surface area contributed by atoms with Crippen LogP contribution in [0.25, 0.3) is 10.2 Å². The van der Waals surface area contributed by atoms with Crippen LogP contribution < -0.4 is 0 Å². The fourth-order valence-corrected chi connectivity index (χ4v) is 4.24. The lowest BCUT2D eigenvalue weighted by Gasteiger charge is -2.23. The quantitative estimate of drug-likeness (QED) is 0.676. The Labute approximate surface area is 162 Å². The molecule has 2 heterocycles. The van der Waals surface area contributed by atoms with Gasteiger partial charge in [-0.1, -0.05) is 42.5 Å². The second-order valence-corrected chi connectivity index (χ2v) is 7.85. The van der Waals surface area contributed by atoms with Gasteiger partial charge in [0.25, 0.3) is 5.91 Å². The zero-order valence-corrected chi connectivity index (χ0v) is 16.3. The Morgan fingerprint density at radius 3 is 2.70 bits per heavy atom. The van der Waals surface area contributed by atoms with Crippen LogP contribution in [0, 0.1) is 0 Å². The van der Waals surface area contributed by atoms with Gasteiger partial charge >= 0.3 is 0 Å². The third-order valence-electron chi connectivity index (χ3n) is 4.91. The molecule has 0 fully saturated rings. The van der Waals surface area contributed by atoms with E-state index < -0.39 is 0 Å². The first-order chi connectivity index (χ1) is 13.1. The van der Waals surface area contributed by atoms with Crippen molar-refractivity contribution in [1.29, 1.82) is 0 Å². The second-order valence-electron chi connectivity index (χ2n) is 6.79. The van der Waals surface area contributed by atoms with Crippen LogP contribution in [0.4, 0.5) is 0 Å². The Morgan fingerprint density at radius 2 is 1.93 bits per heavy atom. The van der Waals surface area contributed by atoms with Gasteiger partial charge in [0, 0.05) is 6.42 Å². The second kappa shape index (κ2) is 7.58. The Kier molecular flexibility index (Phi) is 5.01. The Hall–Kier alpha value is -2.57. The van der Waals surface area contributed by atoms with Crippen LogP contribution in [-0.2, 0) is 4.79 Å². The lowest BCUT2D eigenvalue weighted by Crippen LogP contribution is -2.36. The maximum absolute atomic E-state index is 12.7. The zero-order valence-electron chi connectivity index (χ0n) is 15.5. The van der Waals surface area contributed by atoms with Crippen LogP contribution in [0.3, 0.4) is 0 Å². The molecule has 0 aliphatic carbocycles. The number of fused-ring (bicyclic) bond motifs is 1. The van der Waals surface area contributed by atoms with Crippen LogP contribution in [0.15, 0.2) is 59.7 Å². The van der Waals surface area contributed by atoms with Gasteiger partial charge in [0.1, 0.15) is 5.01 Å². The smallest absolute Gasteiger partial charge is 0.256 e. The molecule has 0 N–H and O–H groups in total. The molecule has 0 saturated carbocycles. The van der Waals surface area contributed by atoms with Gasteiger partial charge in [-0.15, -0.1) is 11.3 Å². The summed E-state index contributed by atoms with van der Waals surface area (Å²) in [6.45, 7) is 3.06. The molecule has 0 saturated heterocycles. The molecule has 5 nitrogen and oxygen atoms in total. The lowest BCUT2D eigenvalue weighted by atomic mass is 10.1. The SMILES string of the molecule is C[C@H](c1nc2ccccc2s1)N(C)CC(=O)N1CCC(c2ccccc2)=N1. The summed E-state index contributed by atoms with van der Waals surface area (Å²) in [4.78, 5) is 19.5. The van der Waals surface area contributed by atoms with Crippen LogP contribution in [-0.4, -0.2) is 46.6 Å². The highest BCUT2D eigenvalue weighted by Gasteiger charge is 2.25. The van der Waals surface area contributed by atoms with E-state index in [1.54, 1.807) is 16.3 Å². The molecular formula is C21H22N4OS. The normalized spacial score (nSPS) is 15.4. The minimum Gasteiger partial charge on any atom is -0.288 e. The highest BCUT2D eigenvalue weighted by Crippen LogP contribution is 2.28. The third-order valence-corrected chi connectivity index (χ3v) is 6.12. The van der Waals surface area contributed by atoms with Gasteiger partial charge in [0.15, 0.2) is 0 Å². The maximum Gasteiger partial charge on any atom is 0.256 e. The monoisotopic (exact) mass is 378 g/mol. The van der Waals surface area contributed by atoms with Crippen molar-refractivity contribution in [2.45, 2.75) is 19.4 Å². The molecule has 1 aromatic heterocycles.